The summed E-state index contributed by atoms with van der Waals surface area (Å²) in [5, 5.41) is 3.33. The van der Waals surface area contributed by atoms with E-state index < -0.39 is 16.1 Å². The maximum Gasteiger partial charge on any atom is 0.333 e. The lowest BCUT2D eigenvalue weighted by Crippen LogP contribution is -2.33. The number of aromatic nitrogens is 2. The zero-order valence-corrected chi connectivity index (χ0v) is 19.6. The van der Waals surface area contributed by atoms with Gasteiger partial charge in [0, 0.05) is 10.7 Å². The van der Waals surface area contributed by atoms with Gasteiger partial charge < -0.3 is 5.32 Å². The molecule has 0 aliphatic rings. The fraction of sp³-hybridized carbons (Fsp3) is 0. The third-order valence-electron chi connectivity index (χ3n) is 4.23. The molecule has 0 atom stereocenters. The Morgan fingerprint density at radius 1 is 1.03 bits per heavy atom. The molecule has 4 aromatic rings. The van der Waals surface area contributed by atoms with Crippen LogP contribution in [0.4, 0.5) is 10.5 Å². The Morgan fingerprint density at radius 3 is 2.50 bits per heavy atom. The molecule has 0 fully saturated rings. The standard InChI is InChI=1S/C19H11Cl3N4O4S2/c20-10-1-3-12-14(7-10)23-9-26(18(12)27)15-4-2-11(8-13(15)21)24-19(28)25-32(29,30)17-6-5-16(22)31-17/h1-9H,(H2,24,25,28). The second-order valence-electron chi connectivity index (χ2n) is 6.37. The monoisotopic (exact) mass is 528 g/mol. The fourth-order valence-corrected chi connectivity index (χ4v) is 5.65. The van der Waals surface area contributed by atoms with E-state index in [-0.39, 0.29) is 24.8 Å². The van der Waals surface area contributed by atoms with Gasteiger partial charge in [-0.1, -0.05) is 34.8 Å². The third kappa shape index (κ3) is 4.59. The highest BCUT2D eigenvalue weighted by Gasteiger charge is 2.20. The van der Waals surface area contributed by atoms with Gasteiger partial charge in [0.15, 0.2) is 0 Å². The number of rotatable bonds is 4. The number of nitrogens with one attached hydrogen (secondary N) is 2. The van der Waals surface area contributed by atoms with Gasteiger partial charge in [-0.3, -0.25) is 9.36 Å². The molecule has 2 aromatic heterocycles. The molecule has 164 valence electrons. The zero-order valence-electron chi connectivity index (χ0n) is 15.7. The van der Waals surface area contributed by atoms with Crippen molar-refractivity contribution in [3.05, 3.63) is 79.6 Å². The number of sulfonamides is 1. The molecule has 0 aliphatic heterocycles. The normalized spacial score (nSPS) is 11.5. The minimum absolute atomic E-state index is 0.101. The van der Waals surface area contributed by atoms with Crippen LogP contribution in [0.5, 0.6) is 0 Å². The number of halogens is 3. The van der Waals surface area contributed by atoms with Gasteiger partial charge in [-0.25, -0.2) is 22.9 Å². The predicted molar refractivity (Wildman–Crippen MR) is 126 cm³/mol. The summed E-state index contributed by atoms with van der Waals surface area (Å²) >= 11 is 18.8. The summed E-state index contributed by atoms with van der Waals surface area (Å²) in [7, 11) is -4.07. The van der Waals surface area contributed by atoms with Crippen LogP contribution in [-0.4, -0.2) is 24.0 Å². The van der Waals surface area contributed by atoms with Crippen molar-refractivity contribution >= 4 is 78.8 Å². The molecular formula is C19H11Cl3N4O4S2. The van der Waals surface area contributed by atoms with Crippen LogP contribution in [0.15, 0.2) is 63.9 Å². The second-order valence-corrected chi connectivity index (χ2v) is 10.8. The van der Waals surface area contributed by atoms with Gasteiger partial charge in [0.2, 0.25) is 0 Å². The predicted octanol–water partition coefficient (Wildman–Crippen LogP) is 4.92. The van der Waals surface area contributed by atoms with Crippen molar-refractivity contribution in [2.24, 2.45) is 0 Å². The number of carbonyl (C=O) groups is 1. The van der Waals surface area contributed by atoms with E-state index in [2.05, 4.69) is 10.3 Å². The lowest BCUT2D eigenvalue weighted by Gasteiger charge is -2.11. The first kappa shape index (κ1) is 22.6. The first-order valence-electron chi connectivity index (χ1n) is 8.70. The molecule has 0 radical (unpaired) electrons. The first-order chi connectivity index (χ1) is 15.1. The maximum atomic E-state index is 12.8. The Labute approximate surface area is 200 Å². The topological polar surface area (TPSA) is 110 Å². The maximum absolute atomic E-state index is 12.8. The molecule has 0 spiro atoms. The summed E-state index contributed by atoms with van der Waals surface area (Å²) < 4.78 is 27.8. The highest BCUT2D eigenvalue weighted by Crippen LogP contribution is 2.26. The van der Waals surface area contributed by atoms with Gasteiger partial charge in [-0.05, 0) is 48.5 Å². The molecular weight excluding hydrogens is 519 g/mol. The Balaban J connectivity index is 1.57. The fourth-order valence-electron chi connectivity index (χ4n) is 2.82. The molecule has 0 bridgehead atoms. The Kier molecular flexibility index (Phi) is 6.15. The average molecular weight is 530 g/mol. The van der Waals surface area contributed by atoms with Gasteiger partial charge in [-0.15, -0.1) is 11.3 Å². The molecule has 32 heavy (non-hydrogen) atoms. The molecule has 2 heterocycles. The molecule has 0 saturated carbocycles. The highest BCUT2D eigenvalue weighted by atomic mass is 35.5. The summed E-state index contributed by atoms with van der Waals surface area (Å²) in [6, 6.07) is 10.8. The van der Waals surface area contributed by atoms with Crippen molar-refractivity contribution in [1.82, 2.24) is 14.3 Å². The smallest absolute Gasteiger partial charge is 0.307 e. The number of nitrogens with zero attached hydrogens (tertiary/aromatic N) is 2. The van der Waals surface area contributed by atoms with Crippen molar-refractivity contribution in [2.45, 2.75) is 4.21 Å². The number of amides is 2. The minimum Gasteiger partial charge on any atom is -0.307 e. The van der Waals surface area contributed by atoms with Crippen molar-refractivity contribution in [3.63, 3.8) is 0 Å². The number of hydrogen-bond donors (Lipinski definition) is 2. The Morgan fingerprint density at radius 2 is 1.81 bits per heavy atom. The number of urea groups is 1. The minimum atomic E-state index is -4.07. The van der Waals surface area contributed by atoms with E-state index in [0.717, 1.165) is 11.3 Å². The molecule has 0 unspecified atom stereocenters. The van der Waals surface area contributed by atoms with Crippen LogP contribution in [0.2, 0.25) is 14.4 Å². The van der Waals surface area contributed by atoms with Crippen LogP contribution < -0.4 is 15.6 Å². The molecule has 2 N–H and O–H groups in total. The van der Waals surface area contributed by atoms with Gasteiger partial charge in [0.1, 0.15) is 10.5 Å². The largest absolute Gasteiger partial charge is 0.333 e. The van der Waals surface area contributed by atoms with Crippen LogP contribution in [-0.2, 0) is 10.0 Å². The summed E-state index contributed by atoms with van der Waals surface area (Å²) in [5.74, 6) is 0. The van der Waals surface area contributed by atoms with E-state index in [1.807, 2.05) is 4.72 Å². The first-order valence-corrected chi connectivity index (χ1v) is 12.1. The summed E-state index contributed by atoms with van der Waals surface area (Å²) in [6.07, 6.45) is 1.32. The summed E-state index contributed by atoms with van der Waals surface area (Å²) in [5.41, 5.74) is 0.628. The van der Waals surface area contributed by atoms with Crippen molar-refractivity contribution in [2.75, 3.05) is 5.32 Å². The van der Waals surface area contributed by atoms with Gasteiger partial charge in [0.05, 0.1) is 25.9 Å². The number of benzene rings is 2. The van der Waals surface area contributed by atoms with E-state index in [4.69, 9.17) is 34.8 Å². The van der Waals surface area contributed by atoms with Crippen molar-refractivity contribution in [3.8, 4) is 5.69 Å². The summed E-state index contributed by atoms with van der Waals surface area (Å²) in [4.78, 5) is 29.2. The lowest BCUT2D eigenvalue weighted by atomic mass is 10.2. The van der Waals surface area contributed by atoms with Crippen molar-refractivity contribution < 1.29 is 13.2 Å². The molecule has 2 aromatic carbocycles. The second kappa shape index (κ2) is 8.72. The molecule has 0 saturated heterocycles. The molecule has 4 rings (SSSR count). The number of anilines is 1. The SMILES string of the molecule is O=C(Nc1ccc(-n2cnc3cc(Cl)ccc3c2=O)c(Cl)c1)NS(=O)(=O)c1ccc(Cl)s1. The number of hydrogen-bond acceptors (Lipinski definition) is 6. The van der Waals surface area contributed by atoms with Crippen LogP contribution >= 0.6 is 46.1 Å². The number of carbonyl (C=O) groups excluding carboxylic acids is 1. The van der Waals surface area contributed by atoms with Gasteiger partial charge in [0.25, 0.3) is 15.6 Å². The van der Waals surface area contributed by atoms with Crippen molar-refractivity contribution in [1.29, 1.82) is 0 Å². The number of thiophene rings is 1. The average Bonchev–Trinajstić information content (AvgIpc) is 3.16. The van der Waals surface area contributed by atoms with E-state index >= 15 is 0 Å². The Hall–Kier alpha value is -2.63. The molecule has 2 amide bonds. The zero-order chi connectivity index (χ0) is 23.0. The summed E-state index contributed by atoms with van der Waals surface area (Å²) in [6.45, 7) is 0. The molecule has 13 heteroatoms. The van der Waals surface area contributed by atoms with E-state index in [0.29, 0.717) is 21.6 Å². The van der Waals surface area contributed by atoms with E-state index in [1.54, 1.807) is 18.2 Å². The van der Waals surface area contributed by atoms with E-state index in [9.17, 15) is 18.0 Å². The Bertz CT molecular complexity index is 1530. The van der Waals surface area contributed by atoms with Gasteiger partial charge >= 0.3 is 6.03 Å². The quantitative estimate of drug-likeness (QED) is 0.390. The highest BCUT2D eigenvalue weighted by molar-refractivity contribution is 7.92. The molecule has 0 aliphatic carbocycles. The third-order valence-corrected chi connectivity index (χ3v) is 7.82. The molecule has 8 nitrogen and oxygen atoms in total. The van der Waals surface area contributed by atoms with Crippen LogP contribution in [0, 0.1) is 0 Å². The van der Waals surface area contributed by atoms with E-state index in [1.165, 1.54) is 41.2 Å². The van der Waals surface area contributed by atoms with Crippen LogP contribution in [0.25, 0.3) is 16.6 Å². The van der Waals surface area contributed by atoms with Crippen LogP contribution in [0.3, 0.4) is 0 Å². The lowest BCUT2D eigenvalue weighted by molar-refractivity contribution is 0.256. The van der Waals surface area contributed by atoms with Gasteiger partial charge in [-0.2, -0.15) is 0 Å². The van der Waals surface area contributed by atoms with Crippen LogP contribution in [0.1, 0.15) is 0 Å². The number of fused-ring (bicyclic) bond motifs is 1.